The summed E-state index contributed by atoms with van der Waals surface area (Å²) in [5.74, 6) is -0.851. The number of amides is 3. The average molecular weight is 316 g/mol. The zero-order chi connectivity index (χ0) is 17.0. The van der Waals surface area contributed by atoms with Crippen LogP contribution in [0.15, 0.2) is 36.4 Å². The maximum atomic E-state index is 12.3. The lowest BCUT2D eigenvalue weighted by Gasteiger charge is -2.14. The van der Waals surface area contributed by atoms with Gasteiger partial charge in [-0.25, -0.2) is 9.59 Å². The van der Waals surface area contributed by atoms with Gasteiger partial charge in [0.05, 0.1) is 12.7 Å². The van der Waals surface area contributed by atoms with E-state index in [4.69, 9.17) is 15.2 Å². The average Bonchev–Trinajstić information content (AvgIpc) is 2.52. The molecule has 7 nitrogen and oxygen atoms in total. The Kier molecular flexibility index (Phi) is 4.80. The summed E-state index contributed by atoms with van der Waals surface area (Å²) < 4.78 is 10.3. The first-order valence-electron chi connectivity index (χ1n) is 6.81. The summed E-state index contributed by atoms with van der Waals surface area (Å²) in [6, 6.07) is 9.37. The van der Waals surface area contributed by atoms with Crippen LogP contribution in [0.3, 0.4) is 0 Å². The van der Waals surface area contributed by atoms with Crippen molar-refractivity contribution in [3.63, 3.8) is 0 Å². The molecule has 0 aliphatic rings. The number of esters is 1. The molecule has 23 heavy (non-hydrogen) atoms. The van der Waals surface area contributed by atoms with Gasteiger partial charge >= 0.3 is 12.0 Å². The van der Waals surface area contributed by atoms with E-state index in [1.165, 1.54) is 14.0 Å². The monoisotopic (exact) mass is 316 g/mol. The molecule has 0 unspecified atom stereocenters. The van der Waals surface area contributed by atoms with Gasteiger partial charge in [0, 0.05) is 5.39 Å². The largest absolute Gasteiger partial charge is 0.496 e. The summed E-state index contributed by atoms with van der Waals surface area (Å²) in [5, 5.41) is 3.24. The highest BCUT2D eigenvalue weighted by atomic mass is 16.5. The van der Waals surface area contributed by atoms with Crippen molar-refractivity contribution < 1.29 is 23.9 Å². The van der Waals surface area contributed by atoms with E-state index in [9.17, 15) is 14.4 Å². The first-order chi connectivity index (χ1) is 10.9. The van der Waals surface area contributed by atoms with Crippen molar-refractivity contribution in [2.24, 2.45) is 5.73 Å². The van der Waals surface area contributed by atoms with Crippen molar-refractivity contribution in [3.8, 4) is 5.75 Å². The van der Waals surface area contributed by atoms with Gasteiger partial charge < -0.3 is 15.2 Å². The molecule has 0 heterocycles. The van der Waals surface area contributed by atoms with Crippen LogP contribution >= 0.6 is 0 Å². The number of benzene rings is 2. The van der Waals surface area contributed by atoms with Crippen LogP contribution in [0.5, 0.6) is 5.75 Å². The molecule has 0 aromatic heterocycles. The SMILES string of the molecule is COc1ccc(C(=O)O[C@@H](C)C(=O)NC(N)=O)c2ccccc12. The van der Waals surface area contributed by atoms with Crippen LogP contribution in [0, 0.1) is 0 Å². The number of carbonyl (C=O) groups is 3. The number of ether oxygens (including phenoxy) is 2. The molecule has 3 amide bonds. The molecular weight excluding hydrogens is 300 g/mol. The zero-order valence-electron chi connectivity index (χ0n) is 12.7. The summed E-state index contributed by atoms with van der Waals surface area (Å²) in [7, 11) is 1.54. The van der Waals surface area contributed by atoms with E-state index in [1.807, 2.05) is 17.4 Å². The molecule has 0 fully saturated rings. The number of methoxy groups -OCH3 is 1. The molecule has 7 heteroatoms. The molecule has 0 saturated carbocycles. The molecule has 0 radical (unpaired) electrons. The van der Waals surface area contributed by atoms with E-state index in [0.717, 1.165) is 5.39 Å². The van der Waals surface area contributed by atoms with Gasteiger partial charge in [-0.05, 0) is 24.4 Å². The number of imide groups is 1. The molecular formula is C16H16N2O5. The molecule has 3 N–H and O–H groups in total. The minimum absolute atomic E-state index is 0.292. The number of nitrogens with one attached hydrogen (secondary N) is 1. The molecule has 0 aliphatic heterocycles. The highest BCUT2D eigenvalue weighted by Crippen LogP contribution is 2.28. The maximum absolute atomic E-state index is 12.3. The summed E-state index contributed by atoms with van der Waals surface area (Å²) in [6.07, 6.45) is -1.16. The molecule has 0 saturated heterocycles. The van der Waals surface area contributed by atoms with Crippen molar-refractivity contribution >= 4 is 28.7 Å². The third kappa shape index (κ3) is 3.57. The second-order valence-corrected chi connectivity index (χ2v) is 4.76. The minimum atomic E-state index is -1.16. The number of hydrogen-bond donors (Lipinski definition) is 2. The highest BCUT2D eigenvalue weighted by Gasteiger charge is 2.21. The summed E-state index contributed by atoms with van der Waals surface area (Å²) in [4.78, 5) is 34.5. The van der Waals surface area contributed by atoms with Crippen molar-refractivity contribution in [2.45, 2.75) is 13.0 Å². The lowest BCUT2D eigenvalue weighted by atomic mass is 10.0. The first kappa shape index (κ1) is 16.3. The van der Waals surface area contributed by atoms with E-state index >= 15 is 0 Å². The van der Waals surface area contributed by atoms with Crippen LogP contribution in [0.1, 0.15) is 17.3 Å². The second kappa shape index (κ2) is 6.78. The number of nitrogens with two attached hydrogens (primary N) is 1. The molecule has 0 aliphatic carbocycles. The van der Waals surface area contributed by atoms with Gasteiger partial charge in [-0.15, -0.1) is 0 Å². The molecule has 0 bridgehead atoms. The summed E-state index contributed by atoms with van der Waals surface area (Å²) in [5.41, 5.74) is 5.15. The van der Waals surface area contributed by atoms with Gasteiger partial charge in [-0.3, -0.25) is 10.1 Å². The van der Waals surface area contributed by atoms with E-state index in [2.05, 4.69) is 0 Å². The fourth-order valence-corrected chi connectivity index (χ4v) is 2.13. The minimum Gasteiger partial charge on any atom is -0.496 e. The third-order valence-electron chi connectivity index (χ3n) is 3.22. The Hall–Kier alpha value is -3.09. The van der Waals surface area contributed by atoms with Gasteiger partial charge in [0.2, 0.25) is 0 Å². The Labute approximate surface area is 132 Å². The van der Waals surface area contributed by atoms with Gasteiger partial charge in [-0.2, -0.15) is 0 Å². The van der Waals surface area contributed by atoms with Gasteiger partial charge in [0.1, 0.15) is 5.75 Å². The summed E-state index contributed by atoms with van der Waals surface area (Å²) in [6.45, 7) is 1.35. The molecule has 0 spiro atoms. The van der Waals surface area contributed by atoms with E-state index < -0.39 is 24.0 Å². The van der Waals surface area contributed by atoms with Crippen molar-refractivity contribution in [1.82, 2.24) is 5.32 Å². The lowest BCUT2D eigenvalue weighted by molar-refractivity contribution is -0.127. The van der Waals surface area contributed by atoms with Crippen LogP contribution in [0.25, 0.3) is 10.8 Å². The van der Waals surface area contributed by atoms with Crippen molar-refractivity contribution in [1.29, 1.82) is 0 Å². The highest BCUT2D eigenvalue weighted by molar-refractivity contribution is 6.07. The van der Waals surface area contributed by atoms with Crippen molar-refractivity contribution in [2.75, 3.05) is 7.11 Å². The molecule has 2 aromatic rings. The van der Waals surface area contributed by atoms with Gasteiger partial charge in [-0.1, -0.05) is 24.3 Å². The number of carbonyl (C=O) groups excluding carboxylic acids is 3. The van der Waals surface area contributed by atoms with Crippen LogP contribution in [0.2, 0.25) is 0 Å². The molecule has 1 atom stereocenters. The van der Waals surface area contributed by atoms with Crippen LogP contribution in [-0.2, 0) is 9.53 Å². The van der Waals surface area contributed by atoms with Crippen LogP contribution in [-0.4, -0.2) is 31.1 Å². The van der Waals surface area contributed by atoms with E-state index in [0.29, 0.717) is 16.7 Å². The molecule has 120 valence electrons. The number of hydrogen-bond acceptors (Lipinski definition) is 5. The van der Waals surface area contributed by atoms with Crippen LogP contribution in [0.4, 0.5) is 4.79 Å². The number of rotatable bonds is 4. The van der Waals surface area contributed by atoms with Gasteiger partial charge in [0.25, 0.3) is 5.91 Å². The van der Waals surface area contributed by atoms with Crippen LogP contribution < -0.4 is 15.8 Å². The fraction of sp³-hybridized carbons (Fsp3) is 0.188. The number of fused-ring (bicyclic) bond motifs is 1. The molecule has 2 rings (SSSR count). The number of primary amides is 1. The predicted octanol–water partition coefficient (Wildman–Crippen LogP) is 1.59. The summed E-state index contributed by atoms with van der Waals surface area (Å²) >= 11 is 0. The normalized spacial score (nSPS) is 11.6. The Morgan fingerprint density at radius 3 is 2.35 bits per heavy atom. The standard InChI is InChI=1S/C16H16N2O5/c1-9(14(19)18-16(17)21)23-15(20)12-7-8-13(22-2)11-6-4-3-5-10(11)12/h3-9H,1-2H3,(H3,17,18,19,21)/t9-/m0/s1. The first-order valence-corrected chi connectivity index (χ1v) is 6.81. The van der Waals surface area contributed by atoms with E-state index in [1.54, 1.807) is 24.3 Å². The predicted molar refractivity (Wildman–Crippen MR) is 83.1 cm³/mol. The second-order valence-electron chi connectivity index (χ2n) is 4.76. The maximum Gasteiger partial charge on any atom is 0.339 e. The molecule has 2 aromatic carbocycles. The quantitative estimate of drug-likeness (QED) is 0.833. The van der Waals surface area contributed by atoms with Gasteiger partial charge in [0.15, 0.2) is 6.10 Å². The topological polar surface area (TPSA) is 108 Å². The van der Waals surface area contributed by atoms with E-state index in [-0.39, 0.29) is 0 Å². The lowest BCUT2D eigenvalue weighted by Crippen LogP contribution is -2.42. The van der Waals surface area contributed by atoms with Crippen molar-refractivity contribution in [3.05, 3.63) is 42.0 Å². The Balaban J connectivity index is 2.28. The Morgan fingerprint density at radius 2 is 1.74 bits per heavy atom. The third-order valence-corrected chi connectivity index (χ3v) is 3.22. The zero-order valence-corrected chi connectivity index (χ0v) is 12.7. The Morgan fingerprint density at radius 1 is 1.09 bits per heavy atom. The Bertz CT molecular complexity index is 772. The fourth-order valence-electron chi connectivity index (χ4n) is 2.13. The number of urea groups is 1. The smallest absolute Gasteiger partial charge is 0.339 e.